The summed E-state index contributed by atoms with van der Waals surface area (Å²) in [7, 11) is 0. The van der Waals surface area contributed by atoms with Crippen LogP contribution < -0.4 is 0 Å². The predicted molar refractivity (Wildman–Crippen MR) is 70.6 cm³/mol. The van der Waals surface area contributed by atoms with Gasteiger partial charge in [-0.15, -0.1) is 0 Å². The van der Waals surface area contributed by atoms with Gasteiger partial charge in [-0.1, -0.05) is 24.2 Å². The van der Waals surface area contributed by atoms with Gasteiger partial charge in [-0.05, 0) is 12.5 Å². The number of carbonyl (C=O) groups excluding carboxylic acids is 1. The number of nitrogens with zero attached hydrogens (tertiary/aromatic N) is 3. The Balaban J connectivity index is 2.15. The van der Waals surface area contributed by atoms with Crippen LogP contribution in [0, 0.1) is 17.0 Å². The largest absolute Gasteiger partial charge is 0.452 e. The number of hydrogen-bond donors (Lipinski definition) is 0. The SMILES string of the molecule is CCc1noc(COC(=O)c2c(C)cccc2[N+](=O)[O-])n1. The van der Waals surface area contributed by atoms with E-state index in [0.29, 0.717) is 17.8 Å². The minimum absolute atomic E-state index is 0.0715. The van der Waals surface area contributed by atoms with Gasteiger partial charge in [0.15, 0.2) is 12.4 Å². The number of nitro groups is 1. The number of rotatable bonds is 5. The molecule has 1 heterocycles. The quantitative estimate of drug-likeness (QED) is 0.472. The monoisotopic (exact) mass is 291 g/mol. The summed E-state index contributed by atoms with van der Waals surface area (Å²) in [6.45, 7) is 3.24. The molecule has 0 aliphatic rings. The van der Waals surface area contributed by atoms with Gasteiger partial charge in [0.05, 0.1) is 4.92 Å². The Morgan fingerprint density at radius 3 is 2.86 bits per heavy atom. The lowest BCUT2D eigenvalue weighted by atomic mass is 10.1. The molecule has 0 aliphatic heterocycles. The second kappa shape index (κ2) is 6.12. The molecule has 0 radical (unpaired) electrons. The van der Waals surface area contributed by atoms with E-state index in [4.69, 9.17) is 9.26 Å². The van der Waals surface area contributed by atoms with Crippen LogP contribution in [-0.4, -0.2) is 21.0 Å². The highest BCUT2D eigenvalue weighted by Crippen LogP contribution is 2.23. The van der Waals surface area contributed by atoms with Crippen LogP contribution in [-0.2, 0) is 17.8 Å². The molecule has 0 bridgehead atoms. The van der Waals surface area contributed by atoms with Crippen LogP contribution in [0.4, 0.5) is 5.69 Å². The lowest BCUT2D eigenvalue weighted by Crippen LogP contribution is -2.10. The molecular weight excluding hydrogens is 278 g/mol. The molecule has 1 aromatic heterocycles. The fourth-order valence-corrected chi connectivity index (χ4v) is 1.76. The predicted octanol–water partition coefficient (Wildman–Crippen LogP) is 2.21. The van der Waals surface area contributed by atoms with Crippen LogP contribution >= 0.6 is 0 Å². The normalized spacial score (nSPS) is 10.4. The molecule has 0 saturated carbocycles. The topological polar surface area (TPSA) is 108 Å². The van der Waals surface area contributed by atoms with E-state index < -0.39 is 10.9 Å². The van der Waals surface area contributed by atoms with Gasteiger partial charge < -0.3 is 9.26 Å². The maximum atomic E-state index is 12.0. The van der Waals surface area contributed by atoms with Crippen molar-refractivity contribution in [1.82, 2.24) is 10.1 Å². The Morgan fingerprint density at radius 1 is 1.48 bits per heavy atom. The fourth-order valence-electron chi connectivity index (χ4n) is 1.76. The minimum atomic E-state index is -0.795. The van der Waals surface area contributed by atoms with Gasteiger partial charge in [0.2, 0.25) is 0 Å². The molecule has 0 fully saturated rings. The average Bonchev–Trinajstić information content (AvgIpc) is 2.92. The molecule has 0 unspecified atom stereocenters. The first kappa shape index (κ1) is 14.6. The van der Waals surface area contributed by atoms with E-state index in [9.17, 15) is 14.9 Å². The standard InChI is InChI=1S/C13H13N3O5/c1-3-10-14-11(21-15-10)7-20-13(17)12-8(2)5-4-6-9(12)16(18)19/h4-6H,3,7H2,1-2H3. The second-order valence-electron chi connectivity index (χ2n) is 4.26. The van der Waals surface area contributed by atoms with Crippen molar-refractivity contribution < 1.29 is 19.0 Å². The molecule has 8 heteroatoms. The smallest absolute Gasteiger partial charge is 0.345 e. The zero-order valence-corrected chi connectivity index (χ0v) is 11.5. The van der Waals surface area contributed by atoms with Gasteiger partial charge in [0, 0.05) is 12.5 Å². The van der Waals surface area contributed by atoms with Gasteiger partial charge in [-0.25, -0.2) is 4.79 Å². The third-order valence-electron chi connectivity index (χ3n) is 2.80. The lowest BCUT2D eigenvalue weighted by molar-refractivity contribution is -0.385. The van der Waals surface area contributed by atoms with E-state index in [1.54, 1.807) is 13.0 Å². The van der Waals surface area contributed by atoms with E-state index >= 15 is 0 Å². The van der Waals surface area contributed by atoms with Crippen LogP contribution in [0.1, 0.15) is 34.6 Å². The maximum absolute atomic E-state index is 12.0. The summed E-state index contributed by atoms with van der Waals surface area (Å²) in [5.74, 6) is -0.143. The molecule has 2 rings (SSSR count). The van der Waals surface area contributed by atoms with E-state index in [1.165, 1.54) is 12.1 Å². The van der Waals surface area contributed by atoms with Crippen LogP contribution in [0.5, 0.6) is 0 Å². The van der Waals surface area contributed by atoms with Crippen LogP contribution in [0.2, 0.25) is 0 Å². The summed E-state index contributed by atoms with van der Waals surface area (Å²) in [5, 5.41) is 14.6. The highest BCUT2D eigenvalue weighted by molar-refractivity contribution is 5.95. The van der Waals surface area contributed by atoms with Gasteiger partial charge in [-0.2, -0.15) is 4.98 Å². The van der Waals surface area contributed by atoms with Crippen LogP contribution in [0.25, 0.3) is 0 Å². The van der Waals surface area contributed by atoms with Gasteiger partial charge >= 0.3 is 5.97 Å². The molecular formula is C13H13N3O5. The van der Waals surface area contributed by atoms with E-state index in [0.717, 1.165) is 0 Å². The van der Waals surface area contributed by atoms with E-state index in [1.807, 2.05) is 6.92 Å². The maximum Gasteiger partial charge on any atom is 0.345 e. The Labute approximate surface area is 119 Å². The van der Waals surface area contributed by atoms with Gasteiger partial charge in [0.25, 0.3) is 11.6 Å². The number of carbonyl (C=O) groups is 1. The first-order valence-electron chi connectivity index (χ1n) is 6.25. The molecule has 0 N–H and O–H groups in total. The van der Waals surface area contributed by atoms with Crippen molar-refractivity contribution in [2.45, 2.75) is 26.9 Å². The molecule has 8 nitrogen and oxygen atoms in total. The van der Waals surface area contributed by atoms with Crippen molar-refractivity contribution >= 4 is 11.7 Å². The first-order chi connectivity index (χ1) is 10.0. The summed E-state index contributed by atoms with van der Waals surface area (Å²) in [4.78, 5) is 26.3. The fraction of sp³-hybridized carbons (Fsp3) is 0.308. The number of benzene rings is 1. The second-order valence-corrected chi connectivity index (χ2v) is 4.26. The molecule has 0 spiro atoms. The third-order valence-corrected chi connectivity index (χ3v) is 2.80. The molecule has 110 valence electrons. The van der Waals surface area contributed by atoms with Crippen molar-refractivity contribution in [1.29, 1.82) is 0 Å². The summed E-state index contributed by atoms with van der Waals surface area (Å²) in [6.07, 6.45) is 0.598. The highest BCUT2D eigenvalue weighted by atomic mass is 16.6. The Kier molecular flexibility index (Phi) is 4.27. The number of aryl methyl sites for hydroxylation is 2. The number of esters is 1. The Morgan fingerprint density at radius 2 is 2.24 bits per heavy atom. The summed E-state index contributed by atoms with van der Waals surface area (Å²) in [6, 6.07) is 4.37. The number of ether oxygens (including phenoxy) is 1. The number of aromatic nitrogens is 2. The molecule has 0 amide bonds. The highest BCUT2D eigenvalue weighted by Gasteiger charge is 2.24. The zero-order valence-electron chi connectivity index (χ0n) is 11.5. The zero-order chi connectivity index (χ0) is 15.4. The Bertz CT molecular complexity index is 680. The molecule has 0 atom stereocenters. The van der Waals surface area contributed by atoms with Crippen LogP contribution in [0.15, 0.2) is 22.7 Å². The van der Waals surface area contributed by atoms with Gasteiger partial charge in [-0.3, -0.25) is 10.1 Å². The Hall–Kier alpha value is -2.77. The number of hydrogen-bond acceptors (Lipinski definition) is 7. The van der Waals surface area contributed by atoms with E-state index in [-0.39, 0.29) is 23.7 Å². The molecule has 0 aliphatic carbocycles. The van der Waals surface area contributed by atoms with Crippen molar-refractivity contribution in [3.63, 3.8) is 0 Å². The molecule has 1 aromatic carbocycles. The summed E-state index contributed by atoms with van der Waals surface area (Å²) < 4.78 is 9.88. The van der Waals surface area contributed by atoms with Crippen molar-refractivity contribution in [3.8, 4) is 0 Å². The van der Waals surface area contributed by atoms with Crippen molar-refractivity contribution in [3.05, 3.63) is 51.2 Å². The van der Waals surface area contributed by atoms with Crippen molar-refractivity contribution in [2.24, 2.45) is 0 Å². The molecule has 21 heavy (non-hydrogen) atoms. The number of nitro benzene ring substituents is 1. The van der Waals surface area contributed by atoms with Crippen molar-refractivity contribution in [2.75, 3.05) is 0 Å². The molecule has 0 saturated heterocycles. The summed E-state index contributed by atoms with van der Waals surface area (Å²) in [5.41, 5.74) is 0.103. The van der Waals surface area contributed by atoms with Crippen LogP contribution in [0.3, 0.4) is 0 Å². The van der Waals surface area contributed by atoms with E-state index in [2.05, 4.69) is 10.1 Å². The van der Waals surface area contributed by atoms with Gasteiger partial charge in [0.1, 0.15) is 5.56 Å². The first-order valence-corrected chi connectivity index (χ1v) is 6.25. The summed E-state index contributed by atoms with van der Waals surface area (Å²) >= 11 is 0. The molecule has 2 aromatic rings. The third kappa shape index (κ3) is 3.22. The average molecular weight is 291 g/mol. The lowest BCUT2D eigenvalue weighted by Gasteiger charge is -2.05. The minimum Gasteiger partial charge on any atom is -0.452 e.